The van der Waals surface area contributed by atoms with Crippen LogP contribution in [0.3, 0.4) is 0 Å². The Morgan fingerprint density at radius 1 is 0.547 bits per heavy atom. The van der Waals surface area contributed by atoms with E-state index in [2.05, 4.69) is 128 Å². The Hall–Kier alpha value is -5.88. The first-order valence-corrected chi connectivity index (χ1v) is 21.3. The van der Waals surface area contributed by atoms with Crippen molar-refractivity contribution in [1.29, 1.82) is 5.41 Å². The first-order valence-electron chi connectivity index (χ1n) is 17.6. The molecule has 53 heavy (non-hydrogen) atoms. The molecule has 1 heterocycles. The summed E-state index contributed by atoms with van der Waals surface area (Å²) in [6.07, 6.45) is 8.95. The van der Waals surface area contributed by atoms with Gasteiger partial charge in [-0.3, -0.25) is 5.41 Å². The van der Waals surface area contributed by atoms with Crippen molar-refractivity contribution < 1.29 is 0 Å². The molecule has 0 radical (unpaired) electrons. The fourth-order valence-electron chi connectivity index (χ4n) is 6.67. The molecular formula is C48H39N3S2. The molecule has 0 aliphatic carbocycles. The summed E-state index contributed by atoms with van der Waals surface area (Å²) in [5, 5.41) is 11.2. The Morgan fingerprint density at radius 2 is 1.11 bits per heavy atom. The van der Waals surface area contributed by atoms with Gasteiger partial charge in [0, 0.05) is 48.6 Å². The van der Waals surface area contributed by atoms with Gasteiger partial charge in [-0.1, -0.05) is 146 Å². The zero-order valence-electron chi connectivity index (χ0n) is 30.0. The standard InChI is InChI=1S/C48H39N3S2/c1-53(2,3)40-27-24-35(25-28-40)41-29-26-38(32-50-48(37-22-14-7-15-23-37)51-47(49)36-20-12-6-13-21-36)44-43-31-39(33-16-8-4-9-17-33)30-42(45(43)52-46(41)44)34-18-10-5-11-19-34/h4-32,49H,1-3H3. The molecule has 258 valence electrons. The molecule has 0 fully saturated rings. The maximum atomic E-state index is 8.84. The van der Waals surface area contributed by atoms with Crippen LogP contribution in [0.5, 0.6) is 0 Å². The van der Waals surface area contributed by atoms with Crippen molar-refractivity contribution in [3.05, 3.63) is 187 Å². The van der Waals surface area contributed by atoms with Gasteiger partial charge < -0.3 is 0 Å². The second-order valence-electron chi connectivity index (χ2n) is 13.8. The van der Waals surface area contributed by atoms with Crippen molar-refractivity contribution in [1.82, 2.24) is 0 Å². The number of aliphatic imine (C=N–C) groups is 2. The van der Waals surface area contributed by atoms with Crippen molar-refractivity contribution in [2.45, 2.75) is 4.90 Å². The van der Waals surface area contributed by atoms with Crippen LogP contribution < -0.4 is 0 Å². The molecule has 1 N–H and O–H groups in total. The van der Waals surface area contributed by atoms with Gasteiger partial charge in [-0.25, -0.2) is 20.0 Å². The maximum Gasteiger partial charge on any atom is 0.161 e. The molecule has 0 saturated carbocycles. The number of benzene rings is 7. The number of rotatable bonds is 7. The number of hydrogen-bond donors (Lipinski definition) is 1. The van der Waals surface area contributed by atoms with Crippen molar-refractivity contribution in [2.75, 3.05) is 18.8 Å². The van der Waals surface area contributed by atoms with E-state index in [9.17, 15) is 0 Å². The lowest BCUT2D eigenvalue weighted by Gasteiger charge is -2.25. The summed E-state index contributed by atoms with van der Waals surface area (Å²) in [6.45, 7) is 0. The monoisotopic (exact) mass is 721 g/mol. The Labute approximate surface area is 316 Å². The van der Waals surface area contributed by atoms with E-state index in [0.29, 0.717) is 5.84 Å². The molecule has 0 spiro atoms. The Balaban J connectivity index is 1.38. The quantitative estimate of drug-likeness (QED) is 0.126. The van der Waals surface area contributed by atoms with Crippen LogP contribution in [0.4, 0.5) is 0 Å². The average Bonchev–Trinajstić information content (AvgIpc) is 3.60. The molecular weight excluding hydrogens is 683 g/mol. The minimum Gasteiger partial charge on any atom is -0.282 e. The second-order valence-corrected chi connectivity index (χ2v) is 18.9. The van der Waals surface area contributed by atoms with Gasteiger partial charge in [-0.05, 0) is 75.7 Å². The smallest absolute Gasteiger partial charge is 0.161 e. The van der Waals surface area contributed by atoms with Gasteiger partial charge >= 0.3 is 0 Å². The summed E-state index contributed by atoms with van der Waals surface area (Å²) in [6, 6.07) is 59.2. The predicted octanol–water partition coefficient (Wildman–Crippen LogP) is 13.0. The molecule has 1 aromatic heterocycles. The van der Waals surface area contributed by atoms with E-state index in [1.165, 1.54) is 53.1 Å². The number of fused-ring (bicyclic) bond motifs is 3. The SMILES string of the molecule is CS(C)(C)c1ccc(-c2ccc(C=NC(=NC(=N)c3ccccc3)c3ccccc3)c3c2sc2c(-c4ccccc4)cc(-c4ccccc4)cc23)cc1. The van der Waals surface area contributed by atoms with Crippen LogP contribution >= 0.6 is 21.4 Å². The van der Waals surface area contributed by atoms with Crippen LogP contribution in [0, 0.1) is 5.41 Å². The van der Waals surface area contributed by atoms with Gasteiger partial charge in [-0.15, -0.1) is 11.3 Å². The van der Waals surface area contributed by atoms with E-state index >= 15 is 0 Å². The fourth-order valence-corrected chi connectivity index (χ4v) is 9.01. The molecule has 0 aliphatic rings. The van der Waals surface area contributed by atoms with E-state index in [0.717, 1.165) is 22.1 Å². The molecule has 8 rings (SSSR count). The van der Waals surface area contributed by atoms with Gasteiger partial charge in [0.1, 0.15) is 0 Å². The molecule has 0 amide bonds. The molecule has 0 bridgehead atoms. The maximum absolute atomic E-state index is 8.84. The highest BCUT2D eigenvalue weighted by Crippen LogP contribution is 2.48. The average molecular weight is 722 g/mol. The molecule has 7 aromatic carbocycles. The van der Waals surface area contributed by atoms with Gasteiger partial charge in [0.25, 0.3) is 0 Å². The van der Waals surface area contributed by atoms with E-state index in [1.807, 2.05) is 78.2 Å². The highest BCUT2D eigenvalue weighted by atomic mass is 32.3. The zero-order chi connectivity index (χ0) is 36.4. The van der Waals surface area contributed by atoms with Gasteiger partial charge in [0.15, 0.2) is 11.7 Å². The van der Waals surface area contributed by atoms with E-state index in [4.69, 9.17) is 15.4 Å². The highest BCUT2D eigenvalue weighted by molar-refractivity contribution is 8.32. The van der Waals surface area contributed by atoms with E-state index < -0.39 is 10.0 Å². The molecule has 0 atom stereocenters. The first-order chi connectivity index (χ1) is 25.8. The lowest BCUT2D eigenvalue weighted by Crippen LogP contribution is -2.04. The van der Waals surface area contributed by atoms with Gasteiger partial charge in [-0.2, -0.15) is 0 Å². The number of thiophene rings is 1. The van der Waals surface area contributed by atoms with Gasteiger partial charge in [0.05, 0.1) is 0 Å². The lowest BCUT2D eigenvalue weighted by atomic mass is 9.94. The molecule has 0 saturated heterocycles. The summed E-state index contributed by atoms with van der Waals surface area (Å²) in [7, 11) is -0.845. The molecule has 0 aliphatic heterocycles. The predicted molar refractivity (Wildman–Crippen MR) is 233 cm³/mol. The highest BCUT2D eigenvalue weighted by Gasteiger charge is 2.19. The molecule has 3 nitrogen and oxygen atoms in total. The first kappa shape index (κ1) is 34.2. The number of amidine groups is 2. The van der Waals surface area contributed by atoms with Crippen LogP contribution in [0.25, 0.3) is 53.6 Å². The van der Waals surface area contributed by atoms with Crippen LogP contribution in [-0.2, 0) is 0 Å². The number of hydrogen-bond acceptors (Lipinski definition) is 2. The lowest BCUT2D eigenvalue weighted by molar-refractivity contribution is 1.40. The molecule has 0 unspecified atom stereocenters. The minimum absolute atomic E-state index is 0.170. The fraction of sp³-hybridized carbons (Fsp3) is 0.0625. The van der Waals surface area contributed by atoms with Crippen molar-refractivity contribution >= 4 is 59.4 Å². The van der Waals surface area contributed by atoms with Crippen molar-refractivity contribution in [3.63, 3.8) is 0 Å². The zero-order valence-corrected chi connectivity index (χ0v) is 31.6. The topological polar surface area (TPSA) is 48.6 Å². The Morgan fingerprint density at radius 3 is 1.74 bits per heavy atom. The molecule has 8 aromatic rings. The van der Waals surface area contributed by atoms with Crippen molar-refractivity contribution in [3.8, 4) is 33.4 Å². The van der Waals surface area contributed by atoms with Crippen LogP contribution in [0.2, 0.25) is 0 Å². The van der Waals surface area contributed by atoms with E-state index in [-0.39, 0.29) is 5.84 Å². The third-order valence-electron chi connectivity index (χ3n) is 9.44. The molecule has 5 heteroatoms. The van der Waals surface area contributed by atoms with E-state index in [1.54, 1.807) is 0 Å². The minimum atomic E-state index is -0.845. The Bertz CT molecular complexity index is 2620. The summed E-state index contributed by atoms with van der Waals surface area (Å²) in [5.74, 6) is 0.662. The third-order valence-corrected chi connectivity index (χ3v) is 12.4. The second kappa shape index (κ2) is 14.6. The number of nitrogens with zero attached hydrogens (tertiary/aromatic N) is 2. The normalized spacial score (nSPS) is 12.5. The van der Waals surface area contributed by atoms with Crippen LogP contribution in [-0.4, -0.2) is 36.7 Å². The van der Waals surface area contributed by atoms with Crippen molar-refractivity contribution in [2.24, 2.45) is 9.98 Å². The third kappa shape index (κ3) is 7.14. The summed E-state index contributed by atoms with van der Waals surface area (Å²) >= 11 is 1.85. The number of nitrogens with one attached hydrogen (secondary N) is 1. The Kier molecular flexibility index (Phi) is 9.44. The van der Waals surface area contributed by atoms with Gasteiger partial charge in [0.2, 0.25) is 0 Å². The summed E-state index contributed by atoms with van der Waals surface area (Å²) in [5.41, 5.74) is 9.76. The van der Waals surface area contributed by atoms with Crippen LogP contribution in [0.1, 0.15) is 16.7 Å². The summed E-state index contributed by atoms with van der Waals surface area (Å²) < 4.78 is 2.46. The largest absolute Gasteiger partial charge is 0.282 e. The summed E-state index contributed by atoms with van der Waals surface area (Å²) in [4.78, 5) is 11.2. The van der Waals surface area contributed by atoms with Crippen LogP contribution in [0.15, 0.2) is 185 Å².